The van der Waals surface area contributed by atoms with Gasteiger partial charge in [0.2, 0.25) is 0 Å². The largest absolute Gasteiger partial charge is 0.456 e. The van der Waals surface area contributed by atoms with Gasteiger partial charge in [0, 0.05) is 43.6 Å². The Morgan fingerprint density at radius 3 is 1.77 bits per heavy atom. The first kappa shape index (κ1) is 30.8. The molecule has 0 atom stereocenters. The predicted molar refractivity (Wildman–Crippen MR) is 229 cm³/mol. The van der Waals surface area contributed by atoms with Crippen LogP contribution in [0.1, 0.15) is 0 Å². The van der Waals surface area contributed by atoms with Crippen LogP contribution in [0.2, 0.25) is 0 Å². The molecule has 0 aliphatic heterocycles. The van der Waals surface area contributed by atoms with Crippen molar-refractivity contribution in [1.29, 1.82) is 0 Å². The first-order chi connectivity index (χ1) is 27.7. The zero-order chi connectivity index (χ0) is 36.7. The average molecular weight is 716 g/mol. The highest BCUT2D eigenvalue weighted by Gasteiger charge is 2.21. The molecule has 0 saturated carbocycles. The second-order valence-electron chi connectivity index (χ2n) is 14.3. The molecule has 260 valence electrons. The lowest BCUT2D eigenvalue weighted by Crippen LogP contribution is -2.01. The van der Waals surface area contributed by atoms with Gasteiger partial charge in [0.15, 0.2) is 17.5 Å². The molecule has 0 spiro atoms. The Morgan fingerprint density at radius 2 is 0.929 bits per heavy atom. The number of rotatable bonds is 4. The van der Waals surface area contributed by atoms with Crippen LogP contribution < -0.4 is 0 Å². The van der Waals surface area contributed by atoms with Gasteiger partial charge in [-0.2, -0.15) is 0 Å². The van der Waals surface area contributed by atoms with E-state index in [9.17, 15) is 0 Å². The molecule has 0 saturated heterocycles. The maximum atomic E-state index is 6.66. The lowest BCUT2D eigenvalue weighted by molar-refractivity contribution is 0.669. The molecule has 0 aliphatic carbocycles. The van der Waals surface area contributed by atoms with Crippen molar-refractivity contribution in [3.63, 3.8) is 0 Å². The molecule has 0 radical (unpaired) electrons. The zero-order valence-electron chi connectivity index (χ0n) is 29.9. The highest BCUT2D eigenvalue weighted by Crippen LogP contribution is 2.43. The van der Waals surface area contributed by atoms with E-state index in [1.54, 1.807) is 0 Å². The van der Waals surface area contributed by atoms with Gasteiger partial charge in [-0.05, 0) is 74.5 Å². The maximum Gasteiger partial charge on any atom is 0.164 e. The van der Waals surface area contributed by atoms with Gasteiger partial charge in [-0.15, -0.1) is 0 Å². The van der Waals surface area contributed by atoms with Gasteiger partial charge in [-0.3, -0.25) is 0 Å². The van der Waals surface area contributed by atoms with Gasteiger partial charge < -0.3 is 8.83 Å². The van der Waals surface area contributed by atoms with Gasteiger partial charge in [-0.1, -0.05) is 140 Å². The predicted octanol–water partition coefficient (Wildman–Crippen LogP) is 13.8. The standard InChI is InChI=1S/C51H29N3O2/c1-2-13-31(14-3-1)49-52-50(54-51(53-49)42-28-32-15-5-6-16-34(32)37-18-8-9-19-38(37)42)41-21-11-22-43-47(41)39-26-25-33(29-45(39)55-43)35-20-10-23-44-46(35)40-27-24-30-12-4-7-17-36(30)48(40)56-44/h1-29H. The summed E-state index contributed by atoms with van der Waals surface area (Å²) in [6.07, 6.45) is 0. The van der Waals surface area contributed by atoms with Crippen LogP contribution >= 0.6 is 0 Å². The van der Waals surface area contributed by atoms with Gasteiger partial charge >= 0.3 is 0 Å². The normalized spacial score (nSPS) is 11.9. The van der Waals surface area contributed by atoms with E-state index in [4.69, 9.17) is 23.8 Å². The number of benzene rings is 9. The van der Waals surface area contributed by atoms with Crippen LogP contribution in [0.5, 0.6) is 0 Å². The molecule has 5 nitrogen and oxygen atoms in total. The summed E-state index contributed by atoms with van der Waals surface area (Å²) in [5.41, 5.74) is 8.24. The fraction of sp³-hybridized carbons (Fsp3) is 0. The molecule has 3 aromatic heterocycles. The SMILES string of the molecule is c1ccc(-c2nc(-c3cc4ccccc4c4ccccc34)nc(-c3cccc4oc5cc(-c6cccc7oc8c9ccccc9ccc8c67)ccc5c34)n2)cc1. The Hall–Kier alpha value is -7.63. The second kappa shape index (κ2) is 11.9. The highest BCUT2D eigenvalue weighted by molar-refractivity contribution is 6.20. The van der Waals surface area contributed by atoms with Gasteiger partial charge in [-0.25, -0.2) is 15.0 Å². The van der Waals surface area contributed by atoms with Gasteiger partial charge in [0.1, 0.15) is 22.3 Å². The smallest absolute Gasteiger partial charge is 0.164 e. The molecular weight excluding hydrogens is 687 g/mol. The van der Waals surface area contributed by atoms with Gasteiger partial charge in [0.05, 0.1) is 0 Å². The van der Waals surface area contributed by atoms with Crippen LogP contribution in [0.25, 0.3) is 121 Å². The van der Waals surface area contributed by atoms with E-state index >= 15 is 0 Å². The van der Waals surface area contributed by atoms with Crippen molar-refractivity contribution in [3.8, 4) is 45.3 Å². The van der Waals surface area contributed by atoms with Crippen molar-refractivity contribution in [3.05, 3.63) is 176 Å². The molecule has 0 N–H and O–H groups in total. The summed E-state index contributed by atoms with van der Waals surface area (Å²) in [5, 5.41) is 11.0. The number of nitrogens with zero attached hydrogens (tertiary/aromatic N) is 3. The van der Waals surface area contributed by atoms with Crippen molar-refractivity contribution in [2.24, 2.45) is 0 Å². The molecule has 5 heteroatoms. The summed E-state index contributed by atoms with van der Waals surface area (Å²) in [6.45, 7) is 0. The number of fused-ring (bicyclic) bond motifs is 11. The zero-order valence-corrected chi connectivity index (χ0v) is 29.9. The van der Waals surface area contributed by atoms with E-state index < -0.39 is 0 Å². The van der Waals surface area contributed by atoms with Crippen LogP contribution in [0, 0.1) is 0 Å². The van der Waals surface area contributed by atoms with Crippen LogP contribution in [0.3, 0.4) is 0 Å². The molecule has 12 aromatic rings. The van der Waals surface area contributed by atoms with Crippen molar-refractivity contribution < 1.29 is 8.83 Å². The van der Waals surface area contributed by atoms with Crippen LogP contribution in [-0.4, -0.2) is 15.0 Å². The molecular formula is C51H29N3O2. The minimum absolute atomic E-state index is 0.588. The van der Waals surface area contributed by atoms with Crippen molar-refractivity contribution in [2.75, 3.05) is 0 Å². The average Bonchev–Trinajstić information content (AvgIpc) is 3.85. The van der Waals surface area contributed by atoms with E-state index in [0.29, 0.717) is 17.5 Å². The first-order valence-electron chi connectivity index (χ1n) is 18.8. The minimum Gasteiger partial charge on any atom is -0.456 e. The summed E-state index contributed by atoms with van der Waals surface area (Å²) in [7, 11) is 0. The fourth-order valence-electron chi connectivity index (χ4n) is 8.55. The Morgan fingerprint density at radius 1 is 0.304 bits per heavy atom. The molecule has 0 aliphatic rings. The lowest BCUT2D eigenvalue weighted by Gasteiger charge is -2.12. The van der Waals surface area contributed by atoms with Crippen molar-refractivity contribution in [1.82, 2.24) is 15.0 Å². The number of furan rings is 2. The Balaban J connectivity index is 1.06. The van der Waals surface area contributed by atoms with Crippen LogP contribution in [-0.2, 0) is 0 Å². The van der Waals surface area contributed by atoms with E-state index in [-0.39, 0.29) is 0 Å². The summed E-state index contributed by atoms with van der Waals surface area (Å²) < 4.78 is 13.2. The Bertz CT molecular complexity index is 3550. The maximum absolute atomic E-state index is 6.66. The Labute approximate surface area is 320 Å². The number of aromatic nitrogens is 3. The minimum atomic E-state index is 0.588. The van der Waals surface area contributed by atoms with E-state index in [2.05, 4.69) is 127 Å². The molecule has 9 aromatic carbocycles. The van der Waals surface area contributed by atoms with Crippen molar-refractivity contribution in [2.45, 2.75) is 0 Å². The molecule has 0 unspecified atom stereocenters. The number of hydrogen-bond donors (Lipinski definition) is 0. The molecule has 56 heavy (non-hydrogen) atoms. The number of hydrogen-bond acceptors (Lipinski definition) is 5. The topological polar surface area (TPSA) is 65.0 Å². The third-order valence-corrected chi connectivity index (χ3v) is 11.1. The molecule has 0 bridgehead atoms. The second-order valence-corrected chi connectivity index (χ2v) is 14.3. The molecule has 0 fully saturated rings. The fourth-order valence-corrected chi connectivity index (χ4v) is 8.55. The summed E-state index contributed by atoms with van der Waals surface area (Å²) in [6, 6.07) is 60.9. The van der Waals surface area contributed by atoms with Crippen LogP contribution in [0.15, 0.2) is 185 Å². The monoisotopic (exact) mass is 715 g/mol. The third kappa shape index (κ3) is 4.64. The quantitative estimate of drug-likeness (QED) is 0.170. The Kier molecular flexibility index (Phi) is 6.56. The summed E-state index contributed by atoms with van der Waals surface area (Å²) in [5.74, 6) is 1.82. The van der Waals surface area contributed by atoms with Gasteiger partial charge in [0.25, 0.3) is 0 Å². The highest BCUT2D eigenvalue weighted by atomic mass is 16.3. The summed E-state index contributed by atoms with van der Waals surface area (Å²) in [4.78, 5) is 15.5. The van der Waals surface area contributed by atoms with E-state index in [1.807, 2.05) is 48.5 Å². The van der Waals surface area contributed by atoms with Crippen LogP contribution in [0.4, 0.5) is 0 Å². The van der Waals surface area contributed by atoms with Crippen molar-refractivity contribution >= 4 is 76.2 Å². The lowest BCUT2D eigenvalue weighted by atomic mass is 9.96. The molecule has 0 amide bonds. The van der Waals surface area contributed by atoms with E-state index in [0.717, 1.165) is 98.6 Å². The summed E-state index contributed by atoms with van der Waals surface area (Å²) >= 11 is 0. The van der Waals surface area contributed by atoms with E-state index in [1.165, 1.54) is 5.39 Å². The first-order valence-corrected chi connectivity index (χ1v) is 18.8. The molecule has 3 heterocycles. The molecule has 12 rings (SSSR count). The third-order valence-electron chi connectivity index (χ3n) is 11.1.